The molecule has 1 aliphatic rings. The van der Waals surface area contributed by atoms with Crippen LogP contribution in [0.3, 0.4) is 0 Å². The second kappa shape index (κ2) is 10.3. The van der Waals surface area contributed by atoms with E-state index in [1.807, 2.05) is 11.8 Å². The number of carbonyl (C=O) groups is 2. The number of aryl methyl sites for hydroxylation is 2. The highest BCUT2D eigenvalue weighted by atomic mass is 16.2. The van der Waals surface area contributed by atoms with E-state index in [0.717, 1.165) is 45.4 Å². The molecular weight excluding hydrogens is 326 g/mol. The number of hydrogen-bond donors (Lipinski definition) is 1. The summed E-state index contributed by atoms with van der Waals surface area (Å²) in [6.07, 6.45) is 3.38. The standard InChI is InChI=1S/C21H33N3O2/c1-4-18(3)22-20(25)16-23-12-14-24(15-13-23)21(26)7-5-6-19-10-8-17(2)9-11-19/h8-11,18H,4-7,12-16H2,1-3H3,(H,22,25). The lowest BCUT2D eigenvalue weighted by Crippen LogP contribution is -2.51. The van der Waals surface area contributed by atoms with E-state index in [4.69, 9.17) is 0 Å². The largest absolute Gasteiger partial charge is 0.353 e. The van der Waals surface area contributed by atoms with Crippen molar-refractivity contribution >= 4 is 11.8 Å². The maximum absolute atomic E-state index is 12.4. The van der Waals surface area contributed by atoms with E-state index in [1.165, 1.54) is 11.1 Å². The summed E-state index contributed by atoms with van der Waals surface area (Å²) in [5, 5.41) is 3.00. The zero-order valence-electron chi connectivity index (χ0n) is 16.5. The lowest BCUT2D eigenvalue weighted by Gasteiger charge is -2.34. The Morgan fingerprint density at radius 3 is 2.38 bits per heavy atom. The van der Waals surface area contributed by atoms with Gasteiger partial charge in [0.05, 0.1) is 6.54 Å². The van der Waals surface area contributed by atoms with Crippen LogP contribution in [0.1, 0.15) is 44.2 Å². The third-order valence-corrected chi connectivity index (χ3v) is 5.09. The molecule has 0 bridgehead atoms. The molecule has 0 spiro atoms. The fourth-order valence-electron chi connectivity index (χ4n) is 3.14. The zero-order valence-corrected chi connectivity index (χ0v) is 16.5. The summed E-state index contributed by atoms with van der Waals surface area (Å²) in [4.78, 5) is 28.4. The van der Waals surface area contributed by atoms with Crippen LogP contribution in [0, 0.1) is 6.92 Å². The Kier molecular flexibility index (Phi) is 8.10. The number of amides is 2. The van der Waals surface area contributed by atoms with Crippen LogP contribution in [0.2, 0.25) is 0 Å². The second-order valence-electron chi connectivity index (χ2n) is 7.37. The Hall–Kier alpha value is -1.88. The smallest absolute Gasteiger partial charge is 0.234 e. The molecule has 2 rings (SSSR count). The molecule has 1 aromatic rings. The molecule has 0 aliphatic carbocycles. The summed E-state index contributed by atoms with van der Waals surface area (Å²) in [5.41, 5.74) is 2.56. The SMILES string of the molecule is CCC(C)NC(=O)CN1CCN(C(=O)CCCc2ccc(C)cc2)CC1. The van der Waals surface area contributed by atoms with E-state index in [0.29, 0.717) is 13.0 Å². The highest BCUT2D eigenvalue weighted by Gasteiger charge is 2.22. The molecule has 2 amide bonds. The van der Waals surface area contributed by atoms with Crippen LogP contribution in [0.4, 0.5) is 0 Å². The first-order valence-electron chi connectivity index (χ1n) is 9.83. The van der Waals surface area contributed by atoms with E-state index in [2.05, 4.69) is 48.3 Å². The van der Waals surface area contributed by atoms with Crippen molar-refractivity contribution in [3.8, 4) is 0 Å². The zero-order chi connectivity index (χ0) is 18.9. The minimum atomic E-state index is 0.0808. The summed E-state index contributed by atoms with van der Waals surface area (Å²) in [5.74, 6) is 0.318. The minimum Gasteiger partial charge on any atom is -0.353 e. The highest BCUT2D eigenvalue weighted by Crippen LogP contribution is 2.10. The Balaban J connectivity index is 1.64. The summed E-state index contributed by atoms with van der Waals surface area (Å²) < 4.78 is 0. The van der Waals surface area contributed by atoms with Crippen LogP contribution < -0.4 is 5.32 Å². The number of rotatable bonds is 8. The van der Waals surface area contributed by atoms with E-state index >= 15 is 0 Å². The number of benzene rings is 1. The molecule has 1 aliphatic heterocycles. The summed E-state index contributed by atoms with van der Waals surface area (Å²) in [6, 6.07) is 8.74. The summed E-state index contributed by atoms with van der Waals surface area (Å²) in [6.45, 7) is 9.59. The molecule has 0 aromatic heterocycles. The first kappa shape index (κ1) is 20.4. The van der Waals surface area contributed by atoms with Gasteiger partial charge >= 0.3 is 0 Å². The number of piperazine rings is 1. The topological polar surface area (TPSA) is 52.7 Å². The minimum absolute atomic E-state index is 0.0808. The van der Waals surface area contributed by atoms with E-state index in [-0.39, 0.29) is 17.9 Å². The van der Waals surface area contributed by atoms with Crippen molar-refractivity contribution in [3.05, 3.63) is 35.4 Å². The Morgan fingerprint density at radius 1 is 1.12 bits per heavy atom. The number of nitrogens with zero attached hydrogens (tertiary/aromatic N) is 2. The van der Waals surface area contributed by atoms with E-state index in [9.17, 15) is 9.59 Å². The van der Waals surface area contributed by atoms with Crippen molar-refractivity contribution in [1.29, 1.82) is 0 Å². The van der Waals surface area contributed by atoms with Crippen molar-refractivity contribution in [2.75, 3.05) is 32.7 Å². The molecule has 0 radical (unpaired) electrons. The predicted molar refractivity (Wildman–Crippen MR) is 105 cm³/mol. The van der Waals surface area contributed by atoms with Gasteiger partial charge in [-0.3, -0.25) is 14.5 Å². The van der Waals surface area contributed by atoms with Gasteiger partial charge in [0.25, 0.3) is 0 Å². The molecule has 0 saturated carbocycles. The molecule has 1 atom stereocenters. The number of carbonyl (C=O) groups excluding carboxylic acids is 2. The fraction of sp³-hybridized carbons (Fsp3) is 0.619. The summed E-state index contributed by atoms with van der Waals surface area (Å²) in [7, 11) is 0. The maximum Gasteiger partial charge on any atom is 0.234 e. The molecular formula is C21H33N3O2. The normalized spacial score (nSPS) is 16.3. The lowest BCUT2D eigenvalue weighted by molar-refractivity contribution is -0.133. The third-order valence-electron chi connectivity index (χ3n) is 5.09. The molecule has 1 saturated heterocycles. The second-order valence-corrected chi connectivity index (χ2v) is 7.37. The van der Waals surface area contributed by atoms with Gasteiger partial charge in [0.15, 0.2) is 0 Å². The molecule has 1 fully saturated rings. The van der Waals surface area contributed by atoms with Gasteiger partial charge in [-0.05, 0) is 38.7 Å². The van der Waals surface area contributed by atoms with E-state index in [1.54, 1.807) is 0 Å². The first-order valence-corrected chi connectivity index (χ1v) is 9.83. The van der Waals surface area contributed by atoms with Gasteiger partial charge < -0.3 is 10.2 Å². The third kappa shape index (κ3) is 6.79. The maximum atomic E-state index is 12.4. The van der Waals surface area contributed by atoms with Crippen molar-refractivity contribution in [1.82, 2.24) is 15.1 Å². The fourth-order valence-corrected chi connectivity index (χ4v) is 3.14. The molecule has 1 N–H and O–H groups in total. The average molecular weight is 360 g/mol. The quantitative estimate of drug-likeness (QED) is 0.775. The molecule has 26 heavy (non-hydrogen) atoms. The van der Waals surface area contributed by atoms with Gasteiger partial charge in [-0.1, -0.05) is 36.8 Å². The Bertz CT molecular complexity index is 577. The van der Waals surface area contributed by atoms with Crippen LogP contribution in [0.25, 0.3) is 0 Å². The van der Waals surface area contributed by atoms with Crippen LogP contribution in [-0.2, 0) is 16.0 Å². The van der Waals surface area contributed by atoms with Crippen molar-refractivity contribution in [2.45, 2.75) is 52.5 Å². The molecule has 5 nitrogen and oxygen atoms in total. The van der Waals surface area contributed by atoms with Gasteiger partial charge in [-0.25, -0.2) is 0 Å². The van der Waals surface area contributed by atoms with E-state index < -0.39 is 0 Å². The van der Waals surface area contributed by atoms with Gasteiger partial charge in [-0.15, -0.1) is 0 Å². The van der Waals surface area contributed by atoms with Crippen LogP contribution in [-0.4, -0.2) is 60.4 Å². The molecule has 144 valence electrons. The molecule has 1 aromatic carbocycles. The highest BCUT2D eigenvalue weighted by molar-refractivity contribution is 5.78. The lowest BCUT2D eigenvalue weighted by atomic mass is 10.1. The molecule has 1 unspecified atom stereocenters. The van der Waals surface area contributed by atoms with Gasteiger partial charge in [0.2, 0.25) is 11.8 Å². The van der Waals surface area contributed by atoms with Crippen molar-refractivity contribution in [3.63, 3.8) is 0 Å². The Labute approximate surface area is 157 Å². The molecule has 5 heteroatoms. The first-order chi connectivity index (χ1) is 12.5. The van der Waals surface area contributed by atoms with Crippen LogP contribution in [0.15, 0.2) is 24.3 Å². The Morgan fingerprint density at radius 2 is 1.77 bits per heavy atom. The van der Waals surface area contributed by atoms with Gasteiger partial charge in [0.1, 0.15) is 0 Å². The monoisotopic (exact) mass is 359 g/mol. The van der Waals surface area contributed by atoms with Crippen molar-refractivity contribution < 1.29 is 9.59 Å². The van der Waals surface area contributed by atoms with Crippen LogP contribution in [0.5, 0.6) is 0 Å². The van der Waals surface area contributed by atoms with Crippen molar-refractivity contribution in [2.24, 2.45) is 0 Å². The number of hydrogen-bond acceptors (Lipinski definition) is 3. The predicted octanol–water partition coefficient (Wildman–Crippen LogP) is 2.38. The number of nitrogens with one attached hydrogen (secondary N) is 1. The molecule has 1 heterocycles. The average Bonchev–Trinajstić information content (AvgIpc) is 2.63. The summed E-state index contributed by atoms with van der Waals surface area (Å²) >= 11 is 0. The van der Waals surface area contributed by atoms with Crippen LogP contribution >= 0.6 is 0 Å². The van der Waals surface area contributed by atoms with Gasteiger partial charge in [0, 0.05) is 38.6 Å². The van der Waals surface area contributed by atoms with Gasteiger partial charge in [-0.2, -0.15) is 0 Å².